The Labute approximate surface area is 86.9 Å². The first kappa shape index (κ1) is 11.2. The highest BCUT2D eigenvalue weighted by Crippen LogP contribution is 2.29. The maximum atomic E-state index is 9.93. The number of hydrogen-bond donors (Lipinski definition) is 0. The molecule has 4 nitrogen and oxygen atoms in total. The summed E-state index contributed by atoms with van der Waals surface area (Å²) in [5.74, 6) is 1.50. The van der Waals surface area contributed by atoms with E-state index in [-0.39, 0.29) is 0 Å². The van der Waals surface area contributed by atoms with E-state index in [0.29, 0.717) is 24.3 Å². The molecule has 1 aliphatic heterocycles. The molecule has 0 aromatic rings. The van der Waals surface area contributed by atoms with Crippen LogP contribution in [-0.2, 0) is 9.59 Å². The summed E-state index contributed by atoms with van der Waals surface area (Å²) in [6.45, 7) is 1.10. The van der Waals surface area contributed by atoms with Gasteiger partial charge in [-0.05, 0) is 24.5 Å². The van der Waals surface area contributed by atoms with Crippen molar-refractivity contribution in [1.29, 1.82) is 0 Å². The van der Waals surface area contributed by atoms with Crippen LogP contribution in [-0.4, -0.2) is 36.3 Å². The molecule has 0 N–H and O–H groups in total. The Balaban J connectivity index is 2.34. The topological polar surface area (TPSA) is 58.9 Å². The van der Waals surface area contributed by atoms with Crippen LogP contribution in [0.2, 0.25) is 0 Å². The molecule has 0 aromatic heterocycles. The van der Waals surface area contributed by atoms with E-state index in [1.165, 1.54) is 0 Å². The third-order valence-corrected chi connectivity index (χ3v) is 3.53. The molecule has 0 spiro atoms. The standard InChI is InChI=1S/C9H12N2O2S/c12-6-10-4-8-1-2-14-9(3-8)5-11-7-13/h8-9H,1-5H2. The predicted octanol–water partition coefficient (Wildman–Crippen LogP) is 1.17. The second-order valence-electron chi connectivity index (χ2n) is 3.25. The fourth-order valence-corrected chi connectivity index (χ4v) is 2.95. The van der Waals surface area contributed by atoms with Gasteiger partial charge in [0.05, 0.1) is 13.1 Å². The minimum absolute atomic E-state index is 0.386. The van der Waals surface area contributed by atoms with Crippen molar-refractivity contribution in [3.05, 3.63) is 0 Å². The van der Waals surface area contributed by atoms with Crippen molar-refractivity contribution in [2.45, 2.75) is 18.1 Å². The fraction of sp³-hybridized carbons (Fsp3) is 0.778. The molecule has 2 atom stereocenters. The lowest BCUT2D eigenvalue weighted by Gasteiger charge is -2.25. The van der Waals surface area contributed by atoms with Crippen LogP contribution >= 0.6 is 11.8 Å². The second-order valence-corrected chi connectivity index (χ2v) is 4.66. The lowest BCUT2D eigenvalue weighted by atomic mass is 9.99. The van der Waals surface area contributed by atoms with Crippen LogP contribution in [0, 0.1) is 5.92 Å². The molecular weight excluding hydrogens is 200 g/mol. The lowest BCUT2D eigenvalue weighted by molar-refractivity contribution is 0.461. The SMILES string of the molecule is O=C=NCC1CCSC(CN=C=O)C1. The summed E-state index contributed by atoms with van der Waals surface area (Å²) in [4.78, 5) is 27.0. The Hall–Kier alpha value is -0.890. The Morgan fingerprint density at radius 3 is 2.64 bits per heavy atom. The highest BCUT2D eigenvalue weighted by molar-refractivity contribution is 7.99. The summed E-state index contributed by atoms with van der Waals surface area (Å²) in [6, 6.07) is 0. The maximum Gasteiger partial charge on any atom is 0.234 e. The van der Waals surface area contributed by atoms with Gasteiger partial charge in [0.15, 0.2) is 0 Å². The van der Waals surface area contributed by atoms with Gasteiger partial charge in [0, 0.05) is 5.25 Å². The number of isocyanates is 2. The minimum atomic E-state index is 0.386. The van der Waals surface area contributed by atoms with Crippen molar-refractivity contribution in [2.24, 2.45) is 15.9 Å². The summed E-state index contributed by atoms with van der Waals surface area (Å²) >= 11 is 1.83. The van der Waals surface area contributed by atoms with Gasteiger partial charge in [0.1, 0.15) is 0 Å². The van der Waals surface area contributed by atoms with Crippen LogP contribution in [0.15, 0.2) is 9.98 Å². The van der Waals surface area contributed by atoms with E-state index in [1.54, 1.807) is 12.2 Å². The van der Waals surface area contributed by atoms with Crippen LogP contribution in [0.4, 0.5) is 0 Å². The lowest BCUT2D eigenvalue weighted by Crippen LogP contribution is -2.22. The van der Waals surface area contributed by atoms with E-state index in [0.717, 1.165) is 18.6 Å². The summed E-state index contributed by atoms with van der Waals surface area (Å²) in [5.41, 5.74) is 0. The monoisotopic (exact) mass is 212 g/mol. The predicted molar refractivity (Wildman–Crippen MR) is 54.9 cm³/mol. The van der Waals surface area contributed by atoms with Gasteiger partial charge >= 0.3 is 0 Å². The zero-order valence-corrected chi connectivity index (χ0v) is 8.63. The normalized spacial score (nSPS) is 26.0. The zero-order valence-electron chi connectivity index (χ0n) is 7.81. The molecule has 0 aliphatic carbocycles. The molecule has 5 heteroatoms. The molecular formula is C9H12N2O2S. The molecule has 1 saturated heterocycles. The highest BCUT2D eigenvalue weighted by Gasteiger charge is 2.21. The molecule has 1 fully saturated rings. The number of rotatable bonds is 4. The van der Waals surface area contributed by atoms with Gasteiger partial charge in [-0.2, -0.15) is 11.8 Å². The van der Waals surface area contributed by atoms with Gasteiger partial charge in [-0.1, -0.05) is 0 Å². The van der Waals surface area contributed by atoms with E-state index >= 15 is 0 Å². The molecule has 0 aromatic carbocycles. The Morgan fingerprint density at radius 2 is 1.93 bits per heavy atom. The molecule has 1 heterocycles. The molecule has 0 amide bonds. The van der Waals surface area contributed by atoms with E-state index in [2.05, 4.69) is 9.98 Å². The first-order valence-corrected chi connectivity index (χ1v) is 5.60. The Morgan fingerprint density at radius 1 is 1.21 bits per heavy atom. The molecule has 76 valence electrons. The molecule has 2 unspecified atom stereocenters. The molecule has 0 bridgehead atoms. The van der Waals surface area contributed by atoms with Crippen molar-refractivity contribution in [1.82, 2.24) is 0 Å². The van der Waals surface area contributed by atoms with Crippen LogP contribution in [0.25, 0.3) is 0 Å². The summed E-state index contributed by atoms with van der Waals surface area (Å²) in [6.07, 6.45) is 5.16. The Bertz CT molecular complexity index is 244. The number of nitrogens with zero attached hydrogens (tertiary/aromatic N) is 2. The molecule has 0 saturated carbocycles. The van der Waals surface area contributed by atoms with Crippen molar-refractivity contribution in [3.63, 3.8) is 0 Å². The zero-order chi connectivity index (χ0) is 10.2. The average molecular weight is 212 g/mol. The molecule has 1 rings (SSSR count). The molecule has 1 aliphatic rings. The van der Waals surface area contributed by atoms with Gasteiger partial charge in [0.2, 0.25) is 12.2 Å². The third-order valence-electron chi connectivity index (χ3n) is 2.25. The summed E-state index contributed by atoms with van der Waals surface area (Å²) in [5, 5.41) is 0.386. The summed E-state index contributed by atoms with van der Waals surface area (Å²) in [7, 11) is 0. The van der Waals surface area contributed by atoms with Crippen LogP contribution < -0.4 is 0 Å². The maximum absolute atomic E-state index is 9.93. The van der Waals surface area contributed by atoms with Crippen LogP contribution in [0.5, 0.6) is 0 Å². The van der Waals surface area contributed by atoms with Gasteiger partial charge in [-0.3, -0.25) is 0 Å². The Kier molecular flexibility index (Phi) is 5.23. The quantitative estimate of drug-likeness (QED) is 0.519. The number of thioether (sulfide) groups is 1. The number of carbonyl (C=O) groups excluding carboxylic acids is 2. The van der Waals surface area contributed by atoms with E-state index in [9.17, 15) is 9.59 Å². The minimum Gasteiger partial charge on any atom is -0.211 e. The number of aliphatic imine (C=N–C) groups is 2. The van der Waals surface area contributed by atoms with Crippen LogP contribution in [0.1, 0.15) is 12.8 Å². The fourth-order valence-electron chi connectivity index (χ4n) is 1.56. The number of hydrogen-bond acceptors (Lipinski definition) is 5. The first-order valence-electron chi connectivity index (χ1n) is 4.55. The highest BCUT2D eigenvalue weighted by atomic mass is 32.2. The smallest absolute Gasteiger partial charge is 0.211 e. The second kappa shape index (κ2) is 6.55. The molecule has 0 radical (unpaired) electrons. The summed E-state index contributed by atoms with van der Waals surface area (Å²) < 4.78 is 0. The van der Waals surface area contributed by atoms with Gasteiger partial charge in [0.25, 0.3) is 0 Å². The van der Waals surface area contributed by atoms with E-state index in [4.69, 9.17) is 0 Å². The first-order chi connectivity index (χ1) is 6.86. The van der Waals surface area contributed by atoms with Crippen LogP contribution in [0.3, 0.4) is 0 Å². The van der Waals surface area contributed by atoms with Crippen molar-refractivity contribution in [2.75, 3.05) is 18.8 Å². The van der Waals surface area contributed by atoms with Crippen molar-refractivity contribution >= 4 is 23.9 Å². The average Bonchev–Trinajstić information content (AvgIpc) is 2.24. The van der Waals surface area contributed by atoms with Gasteiger partial charge in [-0.25, -0.2) is 19.6 Å². The van der Waals surface area contributed by atoms with Crippen molar-refractivity contribution in [3.8, 4) is 0 Å². The molecule has 14 heavy (non-hydrogen) atoms. The van der Waals surface area contributed by atoms with Crippen molar-refractivity contribution < 1.29 is 9.59 Å². The largest absolute Gasteiger partial charge is 0.234 e. The van der Waals surface area contributed by atoms with Gasteiger partial charge in [-0.15, -0.1) is 0 Å². The van der Waals surface area contributed by atoms with Gasteiger partial charge < -0.3 is 0 Å². The van der Waals surface area contributed by atoms with E-state index < -0.39 is 0 Å². The van der Waals surface area contributed by atoms with E-state index in [1.807, 2.05) is 11.8 Å². The third kappa shape index (κ3) is 3.88.